The van der Waals surface area contributed by atoms with E-state index in [0.717, 1.165) is 48.3 Å². The normalized spacial score (nSPS) is 18.1. The van der Waals surface area contributed by atoms with Crippen molar-refractivity contribution in [3.8, 4) is 5.88 Å². The summed E-state index contributed by atoms with van der Waals surface area (Å²) in [6.45, 7) is 7.97. The number of benzene rings is 1. The highest BCUT2D eigenvalue weighted by Crippen LogP contribution is 2.28. The maximum absolute atomic E-state index is 12.2. The van der Waals surface area contributed by atoms with Crippen LogP contribution in [0.1, 0.15) is 46.5 Å². The Balaban J connectivity index is 1.42. The Morgan fingerprint density at radius 2 is 2.15 bits per heavy atom. The second-order valence-electron chi connectivity index (χ2n) is 7.91. The van der Waals surface area contributed by atoms with E-state index in [1.165, 1.54) is 18.0 Å². The Morgan fingerprint density at radius 1 is 1.35 bits per heavy atom. The monoisotopic (exact) mass is 376 g/mol. The summed E-state index contributed by atoms with van der Waals surface area (Å²) in [6.07, 6.45) is 4.05. The van der Waals surface area contributed by atoms with Crippen molar-refractivity contribution in [1.82, 2.24) is 9.27 Å². The summed E-state index contributed by atoms with van der Waals surface area (Å²) < 4.78 is 16.9. The molecule has 1 fully saturated rings. The Bertz CT molecular complexity index is 738. The summed E-state index contributed by atoms with van der Waals surface area (Å²) in [4.78, 5) is 14.1. The number of carbonyl (C=O) groups is 1. The molecule has 5 nitrogen and oxygen atoms in total. The van der Waals surface area contributed by atoms with E-state index < -0.39 is 5.60 Å². The number of hydrogen-bond donors (Lipinski definition) is 0. The number of ether oxygens (including phenoxy) is 2. The third kappa shape index (κ3) is 5.10. The van der Waals surface area contributed by atoms with Gasteiger partial charge in [-0.2, -0.15) is 4.37 Å². The molecule has 1 atom stereocenters. The lowest BCUT2D eigenvalue weighted by molar-refractivity contribution is 0.0159. The lowest BCUT2D eigenvalue weighted by atomic mass is 9.94. The predicted octanol–water partition coefficient (Wildman–Crippen LogP) is 5.10. The molecule has 2 heterocycles. The van der Waals surface area contributed by atoms with Crippen LogP contribution in [0.2, 0.25) is 0 Å². The highest BCUT2D eigenvalue weighted by atomic mass is 32.1. The van der Waals surface area contributed by atoms with Crippen molar-refractivity contribution >= 4 is 27.7 Å². The van der Waals surface area contributed by atoms with Gasteiger partial charge in [-0.15, -0.1) is 0 Å². The van der Waals surface area contributed by atoms with Gasteiger partial charge in [0.05, 0.1) is 16.7 Å². The topological polar surface area (TPSA) is 51.7 Å². The molecule has 0 spiro atoms. The third-order valence-electron chi connectivity index (χ3n) is 4.51. The van der Waals surface area contributed by atoms with Crippen molar-refractivity contribution < 1.29 is 14.3 Å². The van der Waals surface area contributed by atoms with Crippen LogP contribution in [0.5, 0.6) is 5.88 Å². The molecule has 0 bridgehead atoms. The molecule has 0 N–H and O–H groups in total. The lowest BCUT2D eigenvalue weighted by Crippen LogP contribution is -2.42. The van der Waals surface area contributed by atoms with Gasteiger partial charge in [0.25, 0.3) is 0 Å². The minimum atomic E-state index is -0.436. The average Bonchev–Trinajstić information content (AvgIpc) is 3.01. The number of likely N-dealkylation sites (tertiary alicyclic amines) is 1. The van der Waals surface area contributed by atoms with Crippen molar-refractivity contribution in [3.63, 3.8) is 0 Å². The van der Waals surface area contributed by atoms with E-state index in [2.05, 4.69) is 10.4 Å². The van der Waals surface area contributed by atoms with Crippen molar-refractivity contribution in [2.75, 3.05) is 19.7 Å². The van der Waals surface area contributed by atoms with Gasteiger partial charge in [0, 0.05) is 13.1 Å². The second kappa shape index (κ2) is 8.25. The fraction of sp³-hybridized carbons (Fsp3) is 0.600. The number of rotatable bonds is 5. The second-order valence-corrected chi connectivity index (χ2v) is 8.71. The van der Waals surface area contributed by atoms with E-state index in [1.54, 1.807) is 0 Å². The zero-order chi connectivity index (χ0) is 18.6. The number of fused-ring (bicyclic) bond motifs is 1. The van der Waals surface area contributed by atoms with Gasteiger partial charge in [-0.1, -0.05) is 12.1 Å². The third-order valence-corrected chi connectivity index (χ3v) is 5.32. The maximum Gasteiger partial charge on any atom is 0.410 e. The van der Waals surface area contributed by atoms with Gasteiger partial charge in [0.1, 0.15) is 5.60 Å². The first kappa shape index (κ1) is 19.0. The van der Waals surface area contributed by atoms with Gasteiger partial charge in [0.15, 0.2) is 0 Å². The Hall–Kier alpha value is -1.82. The molecular weight excluding hydrogens is 348 g/mol. The summed E-state index contributed by atoms with van der Waals surface area (Å²) in [7, 11) is 0. The molecule has 1 aliphatic heterocycles. The van der Waals surface area contributed by atoms with Crippen LogP contribution in [-0.2, 0) is 4.74 Å². The highest BCUT2D eigenvalue weighted by Gasteiger charge is 2.27. The minimum absolute atomic E-state index is 0.188. The number of hydrogen-bond acceptors (Lipinski definition) is 5. The number of amides is 1. The molecule has 0 unspecified atom stereocenters. The van der Waals surface area contributed by atoms with Crippen LogP contribution in [0.4, 0.5) is 4.79 Å². The molecule has 3 rings (SSSR count). The zero-order valence-corrected chi connectivity index (χ0v) is 16.7. The molecule has 2 aromatic rings. The van der Waals surface area contributed by atoms with Crippen molar-refractivity contribution in [2.45, 2.75) is 52.1 Å². The molecule has 1 amide bonds. The largest absolute Gasteiger partial charge is 0.477 e. The van der Waals surface area contributed by atoms with E-state index >= 15 is 0 Å². The first-order valence-electron chi connectivity index (χ1n) is 9.37. The van der Waals surface area contributed by atoms with Crippen LogP contribution in [-0.4, -0.2) is 40.7 Å². The maximum atomic E-state index is 12.2. The number of carbonyl (C=O) groups excluding carboxylic acids is 1. The summed E-state index contributed by atoms with van der Waals surface area (Å²) >= 11 is 1.47. The fourth-order valence-electron chi connectivity index (χ4n) is 3.30. The van der Waals surface area contributed by atoms with Gasteiger partial charge in [0.2, 0.25) is 5.88 Å². The summed E-state index contributed by atoms with van der Waals surface area (Å²) in [5, 5.41) is 1.09. The van der Waals surface area contributed by atoms with E-state index in [-0.39, 0.29) is 6.09 Å². The van der Waals surface area contributed by atoms with Crippen LogP contribution in [0.3, 0.4) is 0 Å². The van der Waals surface area contributed by atoms with Crippen molar-refractivity contribution in [2.24, 2.45) is 5.92 Å². The molecule has 1 saturated heterocycles. The Labute approximate surface area is 159 Å². The number of nitrogens with zero attached hydrogens (tertiary/aromatic N) is 2. The molecular formula is C20H28N2O3S. The van der Waals surface area contributed by atoms with Crippen LogP contribution in [0.15, 0.2) is 24.3 Å². The quantitative estimate of drug-likeness (QED) is 0.681. The average molecular weight is 377 g/mol. The molecule has 0 saturated carbocycles. The lowest BCUT2D eigenvalue weighted by Gasteiger charge is -2.34. The Kier molecular flexibility index (Phi) is 6.01. The van der Waals surface area contributed by atoms with Crippen LogP contribution in [0, 0.1) is 5.92 Å². The smallest absolute Gasteiger partial charge is 0.410 e. The minimum Gasteiger partial charge on any atom is -0.477 e. The predicted molar refractivity (Wildman–Crippen MR) is 105 cm³/mol. The standard InChI is InChI=1S/C20H28N2O3S/c1-20(2,3)25-19(23)22-12-6-8-15(14-22)9-7-13-24-18-16-10-4-5-11-17(16)26-21-18/h4-5,10-11,15H,6-9,12-14H2,1-3H3/t15-/m0/s1. The summed E-state index contributed by atoms with van der Waals surface area (Å²) in [5.41, 5.74) is -0.436. The van der Waals surface area contributed by atoms with Gasteiger partial charge in [-0.3, -0.25) is 0 Å². The molecule has 6 heteroatoms. The van der Waals surface area contributed by atoms with E-state index in [1.807, 2.05) is 43.9 Å². The molecule has 0 radical (unpaired) electrons. The van der Waals surface area contributed by atoms with E-state index in [4.69, 9.17) is 9.47 Å². The van der Waals surface area contributed by atoms with Crippen molar-refractivity contribution in [1.29, 1.82) is 0 Å². The molecule has 0 aliphatic carbocycles. The SMILES string of the molecule is CC(C)(C)OC(=O)N1CCC[C@@H](CCCOc2nsc3ccccc23)C1. The van der Waals surface area contributed by atoms with Gasteiger partial charge >= 0.3 is 6.09 Å². The van der Waals surface area contributed by atoms with Gasteiger partial charge in [-0.25, -0.2) is 4.79 Å². The number of piperidine rings is 1. The highest BCUT2D eigenvalue weighted by molar-refractivity contribution is 7.13. The van der Waals surface area contributed by atoms with Gasteiger partial charge < -0.3 is 14.4 Å². The molecule has 1 aliphatic rings. The summed E-state index contributed by atoms with van der Waals surface area (Å²) in [6, 6.07) is 8.14. The Morgan fingerprint density at radius 3 is 2.96 bits per heavy atom. The van der Waals surface area contributed by atoms with E-state index in [0.29, 0.717) is 12.5 Å². The first-order chi connectivity index (χ1) is 12.4. The molecule has 142 valence electrons. The molecule has 26 heavy (non-hydrogen) atoms. The fourth-order valence-corrected chi connectivity index (χ4v) is 4.03. The van der Waals surface area contributed by atoms with Crippen LogP contribution < -0.4 is 4.74 Å². The molecule has 1 aromatic carbocycles. The van der Waals surface area contributed by atoms with E-state index in [9.17, 15) is 4.79 Å². The zero-order valence-electron chi connectivity index (χ0n) is 15.9. The molecule has 1 aromatic heterocycles. The van der Waals surface area contributed by atoms with Crippen LogP contribution >= 0.6 is 11.5 Å². The number of aromatic nitrogens is 1. The van der Waals surface area contributed by atoms with Gasteiger partial charge in [-0.05, 0) is 76.0 Å². The first-order valence-corrected chi connectivity index (χ1v) is 10.1. The van der Waals surface area contributed by atoms with Crippen molar-refractivity contribution in [3.05, 3.63) is 24.3 Å². The summed E-state index contributed by atoms with van der Waals surface area (Å²) in [5.74, 6) is 1.26. The van der Waals surface area contributed by atoms with Crippen LogP contribution in [0.25, 0.3) is 10.1 Å².